The standard InChI is InChI=1S/C10H13N2/c11-10-7-12-6-9(10)8-4-2-1-3-5-8/h1-5,9-10H,6-7,11H2/t9-,10+/m0/s1. The van der Waals surface area contributed by atoms with Gasteiger partial charge in [-0.05, 0) is 5.56 Å². The maximum Gasteiger partial charge on any atom is 0.0292 e. The van der Waals surface area contributed by atoms with Crippen LogP contribution in [0, 0.1) is 0 Å². The fourth-order valence-electron chi connectivity index (χ4n) is 1.68. The zero-order chi connectivity index (χ0) is 8.39. The first-order valence-electron chi connectivity index (χ1n) is 4.31. The first-order chi connectivity index (χ1) is 5.88. The fraction of sp³-hybridized carbons (Fsp3) is 0.400. The van der Waals surface area contributed by atoms with Gasteiger partial charge in [-0.15, -0.1) is 0 Å². The largest absolute Gasteiger partial charge is 0.326 e. The smallest absolute Gasteiger partial charge is 0.0292 e. The van der Waals surface area contributed by atoms with Crippen LogP contribution in [0.25, 0.3) is 0 Å². The normalized spacial score (nSPS) is 29.1. The summed E-state index contributed by atoms with van der Waals surface area (Å²) < 4.78 is 0. The van der Waals surface area contributed by atoms with E-state index in [0.717, 1.165) is 13.1 Å². The molecule has 2 N–H and O–H groups in total. The van der Waals surface area contributed by atoms with Gasteiger partial charge in [0, 0.05) is 25.0 Å². The minimum absolute atomic E-state index is 0.229. The molecule has 1 aliphatic heterocycles. The topological polar surface area (TPSA) is 40.1 Å². The van der Waals surface area contributed by atoms with E-state index >= 15 is 0 Å². The van der Waals surface area contributed by atoms with E-state index in [9.17, 15) is 0 Å². The van der Waals surface area contributed by atoms with E-state index in [1.807, 2.05) is 6.07 Å². The Hall–Kier alpha value is -0.860. The molecule has 1 fully saturated rings. The van der Waals surface area contributed by atoms with Crippen LogP contribution in [0.3, 0.4) is 0 Å². The molecule has 63 valence electrons. The van der Waals surface area contributed by atoms with Gasteiger partial charge in [0.2, 0.25) is 0 Å². The van der Waals surface area contributed by atoms with Gasteiger partial charge >= 0.3 is 0 Å². The minimum Gasteiger partial charge on any atom is -0.326 e. The highest BCUT2D eigenvalue weighted by Gasteiger charge is 2.25. The number of benzene rings is 1. The lowest BCUT2D eigenvalue weighted by molar-refractivity contribution is 0.653. The predicted octanol–water partition coefficient (Wildman–Crippen LogP) is 0.715. The van der Waals surface area contributed by atoms with Crippen LogP contribution in [0.5, 0.6) is 0 Å². The van der Waals surface area contributed by atoms with E-state index in [2.05, 4.69) is 29.6 Å². The van der Waals surface area contributed by atoms with Gasteiger partial charge in [0.15, 0.2) is 0 Å². The van der Waals surface area contributed by atoms with E-state index in [1.165, 1.54) is 5.56 Å². The lowest BCUT2D eigenvalue weighted by Crippen LogP contribution is -2.26. The van der Waals surface area contributed by atoms with Crippen LogP contribution in [0.4, 0.5) is 0 Å². The SMILES string of the molecule is N[C@@H]1C[N]C[C@H]1c1ccccc1. The third-order valence-electron chi connectivity index (χ3n) is 2.41. The fourth-order valence-corrected chi connectivity index (χ4v) is 1.68. The van der Waals surface area contributed by atoms with Crippen LogP contribution >= 0.6 is 0 Å². The van der Waals surface area contributed by atoms with Gasteiger partial charge in [-0.3, -0.25) is 0 Å². The summed E-state index contributed by atoms with van der Waals surface area (Å²) in [6, 6.07) is 10.6. The summed E-state index contributed by atoms with van der Waals surface area (Å²) >= 11 is 0. The number of nitrogens with two attached hydrogens (primary N) is 1. The van der Waals surface area contributed by atoms with Crippen LogP contribution in [0.1, 0.15) is 11.5 Å². The van der Waals surface area contributed by atoms with Gasteiger partial charge < -0.3 is 5.73 Å². The summed E-state index contributed by atoms with van der Waals surface area (Å²) in [6.45, 7) is 1.71. The molecule has 0 unspecified atom stereocenters. The second-order valence-electron chi connectivity index (χ2n) is 3.27. The number of rotatable bonds is 1. The van der Waals surface area contributed by atoms with Crippen LogP contribution in [0.15, 0.2) is 30.3 Å². The van der Waals surface area contributed by atoms with E-state index in [4.69, 9.17) is 5.73 Å². The van der Waals surface area contributed by atoms with Gasteiger partial charge in [-0.25, -0.2) is 5.32 Å². The van der Waals surface area contributed by atoms with Crippen LogP contribution in [0.2, 0.25) is 0 Å². The van der Waals surface area contributed by atoms with E-state index in [1.54, 1.807) is 0 Å². The molecule has 1 radical (unpaired) electrons. The average Bonchev–Trinajstić information content (AvgIpc) is 2.53. The number of nitrogens with zero attached hydrogens (tertiary/aromatic N) is 1. The molecule has 2 atom stereocenters. The van der Waals surface area contributed by atoms with Gasteiger partial charge in [-0.1, -0.05) is 30.3 Å². The van der Waals surface area contributed by atoms with Crippen molar-refractivity contribution in [3.8, 4) is 0 Å². The third-order valence-corrected chi connectivity index (χ3v) is 2.41. The van der Waals surface area contributed by atoms with Crippen molar-refractivity contribution in [2.24, 2.45) is 5.73 Å². The summed E-state index contributed by atoms with van der Waals surface area (Å²) in [4.78, 5) is 0. The summed E-state index contributed by atoms with van der Waals surface area (Å²) in [7, 11) is 0. The van der Waals surface area contributed by atoms with Gasteiger partial charge in [0.05, 0.1) is 0 Å². The van der Waals surface area contributed by atoms with Gasteiger partial charge in [0.1, 0.15) is 0 Å². The molecule has 1 aromatic carbocycles. The Bertz CT molecular complexity index is 245. The summed E-state index contributed by atoms with van der Waals surface area (Å²) in [6.07, 6.45) is 0. The molecule has 0 aromatic heterocycles. The van der Waals surface area contributed by atoms with Crippen molar-refractivity contribution in [2.45, 2.75) is 12.0 Å². The van der Waals surface area contributed by atoms with Crippen LogP contribution in [-0.2, 0) is 0 Å². The molecule has 2 heteroatoms. The third kappa shape index (κ3) is 1.36. The highest BCUT2D eigenvalue weighted by Crippen LogP contribution is 2.21. The van der Waals surface area contributed by atoms with Crippen molar-refractivity contribution >= 4 is 0 Å². The molecule has 0 aliphatic carbocycles. The molecule has 12 heavy (non-hydrogen) atoms. The van der Waals surface area contributed by atoms with Crippen molar-refractivity contribution < 1.29 is 0 Å². The Morgan fingerprint density at radius 2 is 1.92 bits per heavy atom. The Balaban J connectivity index is 2.19. The summed E-state index contributed by atoms with van der Waals surface area (Å²) in [5, 5.41) is 4.30. The lowest BCUT2D eigenvalue weighted by atomic mass is 9.95. The van der Waals surface area contributed by atoms with Crippen molar-refractivity contribution in [1.29, 1.82) is 0 Å². The molecule has 1 aliphatic rings. The number of hydrogen-bond donors (Lipinski definition) is 1. The first-order valence-corrected chi connectivity index (χ1v) is 4.31. The highest BCUT2D eigenvalue weighted by atomic mass is 15.0. The monoisotopic (exact) mass is 161 g/mol. The first kappa shape index (κ1) is 7.77. The molecule has 1 saturated heterocycles. The quantitative estimate of drug-likeness (QED) is 0.647. The molecule has 0 amide bonds. The van der Waals surface area contributed by atoms with Crippen molar-refractivity contribution in [2.75, 3.05) is 13.1 Å². The zero-order valence-electron chi connectivity index (χ0n) is 6.98. The molecular formula is C10H13N2. The van der Waals surface area contributed by atoms with Crippen LogP contribution in [-0.4, -0.2) is 19.1 Å². The second kappa shape index (κ2) is 3.25. The van der Waals surface area contributed by atoms with E-state index in [0.29, 0.717) is 5.92 Å². The maximum absolute atomic E-state index is 5.92. The maximum atomic E-state index is 5.92. The van der Waals surface area contributed by atoms with E-state index < -0.39 is 0 Å². The van der Waals surface area contributed by atoms with Gasteiger partial charge in [0.25, 0.3) is 0 Å². The zero-order valence-corrected chi connectivity index (χ0v) is 6.98. The predicted molar refractivity (Wildman–Crippen MR) is 49.0 cm³/mol. The molecule has 1 aromatic rings. The Kier molecular flexibility index (Phi) is 2.11. The minimum atomic E-state index is 0.229. The Morgan fingerprint density at radius 1 is 1.17 bits per heavy atom. The molecule has 1 heterocycles. The molecule has 0 bridgehead atoms. The van der Waals surface area contributed by atoms with Crippen molar-refractivity contribution in [1.82, 2.24) is 5.32 Å². The Labute approximate surface area is 72.8 Å². The average molecular weight is 161 g/mol. The van der Waals surface area contributed by atoms with E-state index in [-0.39, 0.29) is 6.04 Å². The summed E-state index contributed by atoms with van der Waals surface area (Å²) in [5.74, 6) is 0.450. The molecule has 2 nitrogen and oxygen atoms in total. The molecule has 2 rings (SSSR count). The van der Waals surface area contributed by atoms with Crippen LogP contribution < -0.4 is 11.1 Å². The molecule has 0 spiro atoms. The number of hydrogen-bond acceptors (Lipinski definition) is 1. The molecular weight excluding hydrogens is 148 g/mol. The Morgan fingerprint density at radius 3 is 2.50 bits per heavy atom. The second-order valence-corrected chi connectivity index (χ2v) is 3.27. The highest BCUT2D eigenvalue weighted by molar-refractivity contribution is 5.23. The van der Waals surface area contributed by atoms with Crippen molar-refractivity contribution in [3.63, 3.8) is 0 Å². The molecule has 0 saturated carbocycles. The van der Waals surface area contributed by atoms with Crippen molar-refractivity contribution in [3.05, 3.63) is 35.9 Å². The lowest BCUT2D eigenvalue weighted by Gasteiger charge is -2.13. The van der Waals surface area contributed by atoms with Gasteiger partial charge in [-0.2, -0.15) is 0 Å². The summed E-state index contributed by atoms with van der Waals surface area (Å²) in [5.41, 5.74) is 7.24.